The lowest BCUT2D eigenvalue weighted by molar-refractivity contribution is 0.110. The molecule has 17 heavy (non-hydrogen) atoms. The summed E-state index contributed by atoms with van der Waals surface area (Å²) < 4.78 is 5.63. The fourth-order valence-electron chi connectivity index (χ4n) is 2.49. The molecule has 0 bridgehead atoms. The molecule has 1 aliphatic rings. The maximum atomic E-state index is 5.89. The van der Waals surface area contributed by atoms with Crippen LogP contribution in [0.15, 0.2) is 16.5 Å². The minimum Gasteiger partial charge on any atom is -0.448 e. The lowest BCUT2D eigenvalue weighted by atomic mass is 9.95. The molecule has 2 atom stereocenters. The smallest absolute Gasteiger partial charge is 0.193 e. The van der Waals surface area contributed by atoms with Gasteiger partial charge in [0.15, 0.2) is 5.22 Å². The molecule has 1 aliphatic heterocycles. The predicted molar refractivity (Wildman–Crippen MR) is 70.4 cm³/mol. The highest BCUT2D eigenvalue weighted by atomic mass is 35.5. The van der Waals surface area contributed by atoms with Crippen molar-refractivity contribution in [2.45, 2.75) is 26.3 Å². The monoisotopic (exact) mass is 256 g/mol. The molecule has 1 aromatic rings. The molecule has 0 saturated carbocycles. The Balaban J connectivity index is 2.17. The Morgan fingerprint density at radius 1 is 1.41 bits per heavy atom. The van der Waals surface area contributed by atoms with E-state index in [0.717, 1.165) is 38.4 Å². The number of rotatable bonds is 4. The van der Waals surface area contributed by atoms with E-state index in [1.807, 2.05) is 12.1 Å². The summed E-state index contributed by atoms with van der Waals surface area (Å²) in [4.78, 5) is 2.50. The van der Waals surface area contributed by atoms with Crippen molar-refractivity contribution in [3.8, 4) is 0 Å². The highest BCUT2D eigenvalue weighted by molar-refractivity contribution is 6.28. The zero-order valence-electron chi connectivity index (χ0n) is 10.6. The summed E-state index contributed by atoms with van der Waals surface area (Å²) in [6.45, 7) is 8.77. The van der Waals surface area contributed by atoms with Crippen LogP contribution in [0.5, 0.6) is 0 Å². The standard InChI is InChI=1S/C13H21ClN2O/c1-3-10(2)13(11-4-5-12(14)17-11)16-8-6-15-7-9-16/h4-5,10,13,15H,3,6-9H2,1-2H3/t10?,13-/m1/s1. The number of hydrogen-bond acceptors (Lipinski definition) is 3. The summed E-state index contributed by atoms with van der Waals surface area (Å²) >= 11 is 5.89. The van der Waals surface area contributed by atoms with Gasteiger partial charge in [0.05, 0.1) is 6.04 Å². The Labute approximate surface area is 108 Å². The van der Waals surface area contributed by atoms with Crippen molar-refractivity contribution in [2.75, 3.05) is 26.2 Å². The fraction of sp³-hybridized carbons (Fsp3) is 0.692. The first-order valence-corrected chi connectivity index (χ1v) is 6.80. The maximum absolute atomic E-state index is 5.89. The molecule has 0 radical (unpaired) electrons. The Kier molecular flexibility index (Phi) is 4.48. The number of nitrogens with zero attached hydrogens (tertiary/aromatic N) is 1. The molecule has 1 saturated heterocycles. The highest BCUT2D eigenvalue weighted by Gasteiger charge is 2.28. The molecule has 1 fully saturated rings. The quantitative estimate of drug-likeness (QED) is 0.898. The van der Waals surface area contributed by atoms with Crippen LogP contribution in [0.25, 0.3) is 0 Å². The molecule has 96 valence electrons. The molecule has 0 amide bonds. The zero-order valence-corrected chi connectivity index (χ0v) is 11.3. The number of hydrogen-bond donors (Lipinski definition) is 1. The van der Waals surface area contributed by atoms with E-state index in [1.165, 1.54) is 0 Å². The normalized spacial score (nSPS) is 21.4. The van der Waals surface area contributed by atoms with Gasteiger partial charge in [-0.15, -0.1) is 0 Å². The van der Waals surface area contributed by atoms with Gasteiger partial charge in [-0.1, -0.05) is 20.3 Å². The van der Waals surface area contributed by atoms with Crippen molar-refractivity contribution in [1.29, 1.82) is 0 Å². The molecule has 1 N–H and O–H groups in total. The van der Waals surface area contributed by atoms with E-state index in [-0.39, 0.29) is 0 Å². The van der Waals surface area contributed by atoms with E-state index in [9.17, 15) is 0 Å². The summed E-state index contributed by atoms with van der Waals surface area (Å²) in [5.74, 6) is 1.58. The van der Waals surface area contributed by atoms with Gasteiger partial charge in [0.2, 0.25) is 0 Å². The van der Waals surface area contributed by atoms with Crippen LogP contribution in [-0.2, 0) is 0 Å². The van der Waals surface area contributed by atoms with Gasteiger partial charge in [-0.25, -0.2) is 0 Å². The second-order valence-electron chi connectivity index (χ2n) is 4.76. The van der Waals surface area contributed by atoms with Crippen LogP contribution in [0.1, 0.15) is 32.1 Å². The third kappa shape index (κ3) is 3.03. The van der Waals surface area contributed by atoms with E-state index in [4.69, 9.17) is 16.0 Å². The van der Waals surface area contributed by atoms with E-state index < -0.39 is 0 Å². The predicted octanol–water partition coefficient (Wildman–Crippen LogP) is 2.93. The molecule has 3 nitrogen and oxygen atoms in total. The minimum absolute atomic E-state index is 0.356. The van der Waals surface area contributed by atoms with Crippen LogP contribution in [0.3, 0.4) is 0 Å². The molecule has 0 spiro atoms. The van der Waals surface area contributed by atoms with Crippen molar-refractivity contribution in [3.05, 3.63) is 23.1 Å². The van der Waals surface area contributed by atoms with E-state index in [1.54, 1.807) is 0 Å². The maximum Gasteiger partial charge on any atom is 0.193 e. The van der Waals surface area contributed by atoms with Crippen molar-refractivity contribution < 1.29 is 4.42 Å². The van der Waals surface area contributed by atoms with Crippen LogP contribution in [0, 0.1) is 5.92 Å². The van der Waals surface area contributed by atoms with Gasteiger partial charge in [0.1, 0.15) is 5.76 Å². The Morgan fingerprint density at radius 2 is 2.12 bits per heavy atom. The molecule has 2 rings (SSSR count). The third-order valence-electron chi connectivity index (χ3n) is 3.61. The van der Waals surface area contributed by atoms with Crippen molar-refractivity contribution in [1.82, 2.24) is 10.2 Å². The largest absolute Gasteiger partial charge is 0.448 e. The molecular formula is C13H21ClN2O. The lowest BCUT2D eigenvalue weighted by Crippen LogP contribution is -2.46. The molecule has 0 aliphatic carbocycles. The topological polar surface area (TPSA) is 28.4 Å². The summed E-state index contributed by atoms with van der Waals surface area (Å²) in [6, 6.07) is 4.21. The third-order valence-corrected chi connectivity index (χ3v) is 3.82. The van der Waals surface area contributed by atoms with Crippen molar-refractivity contribution in [3.63, 3.8) is 0 Å². The average molecular weight is 257 g/mol. The fourth-order valence-corrected chi connectivity index (χ4v) is 2.64. The van der Waals surface area contributed by atoms with Crippen molar-refractivity contribution >= 4 is 11.6 Å². The summed E-state index contributed by atoms with van der Waals surface area (Å²) in [5.41, 5.74) is 0. The van der Waals surface area contributed by atoms with Crippen LogP contribution in [0.4, 0.5) is 0 Å². The number of halogens is 1. The summed E-state index contributed by atoms with van der Waals surface area (Å²) in [5, 5.41) is 3.87. The zero-order chi connectivity index (χ0) is 12.3. The van der Waals surface area contributed by atoms with Gasteiger partial charge >= 0.3 is 0 Å². The first-order valence-electron chi connectivity index (χ1n) is 6.42. The van der Waals surface area contributed by atoms with Gasteiger partial charge in [-0.2, -0.15) is 0 Å². The highest BCUT2D eigenvalue weighted by Crippen LogP contribution is 2.33. The minimum atomic E-state index is 0.356. The SMILES string of the molecule is CCC(C)[C@H](c1ccc(Cl)o1)N1CCNCC1. The number of piperazine rings is 1. The van der Waals surface area contributed by atoms with Gasteiger partial charge in [0, 0.05) is 26.2 Å². The van der Waals surface area contributed by atoms with Gasteiger partial charge in [-0.3, -0.25) is 4.90 Å². The number of nitrogens with one attached hydrogen (secondary N) is 1. The average Bonchev–Trinajstić information content (AvgIpc) is 2.77. The second-order valence-corrected chi connectivity index (χ2v) is 5.13. The molecule has 1 aromatic heterocycles. The molecule has 4 heteroatoms. The van der Waals surface area contributed by atoms with Gasteiger partial charge in [-0.05, 0) is 29.7 Å². The van der Waals surface area contributed by atoms with Gasteiger partial charge in [0.25, 0.3) is 0 Å². The molecular weight excluding hydrogens is 236 g/mol. The summed E-state index contributed by atoms with van der Waals surface area (Å²) in [7, 11) is 0. The Bertz CT molecular complexity index is 347. The van der Waals surface area contributed by atoms with Crippen LogP contribution in [-0.4, -0.2) is 31.1 Å². The van der Waals surface area contributed by atoms with Crippen molar-refractivity contribution in [2.24, 2.45) is 5.92 Å². The molecule has 0 aromatic carbocycles. The van der Waals surface area contributed by atoms with Gasteiger partial charge < -0.3 is 9.73 Å². The van der Waals surface area contributed by atoms with E-state index in [0.29, 0.717) is 17.2 Å². The molecule has 1 unspecified atom stereocenters. The van der Waals surface area contributed by atoms with E-state index >= 15 is 0 Å². The van der Waals surface area contributed by atoms with Crippen LogP contribution >= 0.6 is 11.6 Å². The van der Waals surface area contributed by atoms with E-state index in [2.05, 4.69) is 24.1 Å². The lowest BCUT2D eigenvalue weighted by Gasteiger charge is -2.36. The summed E-state index contributed by atoms with van der Waals surface area (Å²) in [6.07, 6.45) is 1.15. The Morgan fingerprint density at radius 3 is 2.65 bits per heavy atom. The number of furan rings is 1. The molecule has 2 heterocycles. The second kappa shape index (κ2) is 5.89. The first kappa shape index (κ1) is 12.9. The van der Waals surface area contributed by atoms with Crippen LogP contribution < -0.4 is 5.32 Å². The van der Waals surface area contributed by atoms with Crippen LogP contribution in [0.2, 0.25) is 5.22 Å². The Hall–Kier alpha value is -0.510. The first-order chi connectivity index (χ1) is 8.22.